The molecule has 2 fully saturated rings. The van der Waals surface area contributed by atoms with Gasteiger partial charge < -0.3 is 18.9 Å². The summed E-state index contributed by atoms with van der Waals surface area (Å²) in [5.74, 6) is 1.82. The summed E-state index contributed by atoms with van der Waals surface area (Å²) in [4.78, 5) is 10.4. The lowest BCUT2D eigenvalue weighted by molar-refractivity contribution is -0.0530. The van der Waals surface area contributed by atoms with Crippen LogP contribution in [0.15, 0.2) is 27.9 Å². The van der Waals surface area contributed by atoms with Crippen molar-refractivity contribution in [2.45, 2.75) is 81.5 Å². The van der Waals surface area contributed by atoms with Crippen LogP contribution in [-0.2, 0) is 14.8 Å². The SMILES string of the molecule is CC(C)c1nc(N2CCC(OC3CCC(Oc4ccncc4S(N)(=O)=O)CC3)CC2)no1. The van der Waals surface area contributed by atoms with Crippen molar-refractivity contribution in [3.8, 4) is 5.75 Å². The molecule has 0 bridgehead atoms. The van der Waals surface area contributed by atoms with Crippen molar-refractivity contribution in [2.75, 3.05) is 18.0 Å². The van der Waals surface area contributed by atoms with Crippen molar-refractivity contribution in [3.63, 3.8) is 0 Å². The fourth-order valence-electron chi connectivity index (χ4n) is 4.20. The van der Waals surface area contributed by atoms with Crippen molar-refractivity contribution in [1.29, 1.82) is 0 Å². The van der Waals surface area contributed by atoms with Gasteiger partial charge in [-0.3, -0.25) is 4.98 Å². The number of primary sulfonamides is 1. The van der Waals surface area contributed by atoms with Gasteiger partial charge in [-0.05, 0) is 49.7 Å². The molecule has 1 aliphatic heterocycles. The topological polar surface area (TPSA) is 134 Å². The van der Waals surface area contributed by atoms with Gasteiger partial charge in [0, 0.05) is 25.2 Å². The number of hydrogen-bond donors (Lipinski definition) is 1. The van der Waals surface area contributed by atoms with E-state index in [9.17, 15) is 8.42 Å². The lowest BCUT2D eigenvalue weighted by Crippen LogP contribution is -2.40. The molecule has 176 valence electrons. The van der Waals surface area contributed by atoms with Crippen LogP contribution in [0.5, 0.6) is 5.75 Å². The Morgan fingerprint density at radius 2 is 1.75 bits per heavy atom. The third-order valence-electron chi connectivity index (χ3n) is 6.00. The summed E-state index contributed by atoms with van der Waals surface area (Å²) in [6, 6.07) is 1.55. The first-order valence-electron chi connectivity index (χ1n) is 11.2. The van der Waals surface area contributed by atoms with Crippen molar-refractivity contribution in [2.24, 2.45) is 5.14 Å². The number of piperidine rings is 1. The smallest absolute Gasteiger partial charge is 0.266 e. The summed E-state index contributed by atoms with van der Waals surface area (Å²) in [6.45, 7) is 5.76. The van der Waals surface area contributed by atoms with E-state index in [1.54, 1.807) is 6.07 Å². The number of hydrogen-bond acceptors (Lipinski definition) is 9. The standard InChI is InChI=1S/C21H31N5O5S/c1-14(2)20-24-21(25-31-20)26-11-8-17(9-12-26)29-15-3-5-16(6-4-15)30-18-7-10-23-13-19(18)32(22,27)28/h7,10,13-17H,3-6,8-9,11-12H2,1-2H3,(H2,22,27,28). The van der Waals surface area contributed by atoms with Crippen LogP contribution < -0.4 is 14.8 Å². The predicted octanol–water partition coefficient (Wildman–Crippen LogP) is 2.61. The molecule has 0 radical (unpaired) electrons. The van der Waals surface area contributed by atoms with Gasteiger partial charge in [-0.1, -0.05) is 13.8 Å². The minimum atomic E-state index is -3.87. The molecule has 0 amide bonds. The minimum Gasteiger partial charge on any atom is -0.489 e. The molecular weight excluding hydrogens is 434 g/mol. The van der Waals surface area contributed by atoms with Crippen LogP contribution in [-0.4, -0.2) is 54.9 Å². The molecule has 0 spiro atoms. The van der Waals surface area contributed by atoms with Crippen LogP contribution in [0, 0.1) is 0 Å². The largest absolute Gasteiger partial charge is 0.489 e. The Labute approximate surface area is 188 Å². The highest BCUT2D eigenvalue weighted by Crippen LogP contribution is 2.30. The fourth-order valence-corrected chi connectivity index (χ4v) is 4.80. The van der Waals surface area contributed by atoms with Gasteiger partial charge in [0.2, 0.25) is 15.9 Å². The monoisotopic (exact) mass is 465 g/mol. The number of pyridine rings is 1. The van der Waals surface area contributed by atoms with Crippen molar-refractivity contribution < 1.29 is 22.4 Å². The van der Waals surface area contributed by atoms with E-state index in [-0.39, 0.29) is 34.9 Å². The molecule has 10 nitrogen and oxygen atoms in total. The fraction of sp³-hybridized carbons (Fsp3) is 0.667. The third-order valence-corrected chi connectivity index (χ3v) is 6.92. The summed E-state index contributed by atoms with van der Waals surface area (Å²) in [5, 5.41) is 9.37. The molecule has 2 aromatic rings. The molecule has 4 rings (SSSR count). The molecule has 0 atom stereocenters. The predicted molar refractivity (Wildman–Crippen MR) is 117 cm³/mol. The third kappa shape index (κ3) is 5.57. The Morgan fingerprint density at radius 3 is 2.38 bits per heavy atom. The van der Waals surface area contributed by atoms with Crippen LogP contribution in [0.1, 0.15) is 64.2 Å². The molecule has 0 unspecified atom stereocenters. The molecule has 2 aliphatic rings. The zero-order chi connectivity index (χ0) is 22.7. The summed E-state index contributed by atoms with van der Waals surface area (Å²) in [5.41, 5.74) is 0. The first-order valence-corrected chi connectivity index (χ1v) is 12.7. The molecule has 3 heterocycles. The van der Waals surface area contributed by atoms with Crippen molar-refractivity contribution in [1.82, 2.24) is 15.1 Å². The highest BCUT2D eigenvalue weighted by Gasteiger charge is 2.29. The van der Waals surface area contributed by atoms with Crippen LogP contribution >= 0.6 is 0 Å². The molecule has 2 N–H and O–H groups in total. The first kappa shape index (κ1) is 22.9. The Hall–Kier alpha value is -2.24. The van der Waals surface area contributed by atoms with Gasteiger partial charge in [-0.25, -0.2) is 13.6 Å². The maximum absolute atomic E-state index is 11.7. The molecule has 1 saturated carbocycles. The zero-order valence-electron chi connectivity index (χ0n) is 18.5. The van der Waals surface area contributed by atoms with E-state index in [1.807, 2.05) is 13.8 Å². The first-order chi connectivity index (χ1) is 15.3. The number of aromatic nitrogens is 3. The van der Waals surface area contributed by atoms with Crippen LogP contribution in [0.25, 0.3) is 0 Å². The second-order valence-corrected chi connectivity index (χ2v) is 10.3. The van der Waals surface area contributed by atoms with Gasteiger partial charge in [0.1, 0.15) is 10.6 Å². The number of nitrogens with two attached hydrogens (primary N) is 1. The molecule has 0 aromatic carbocycles. The van der Waals surface area contributed by atoms with Gasteiger partial charge in [0.25, 0.3) is 5.95 Å². The lowest BCUT2D eigenvalue weighted by Gasteiger charge is -2.35. The zero-order valence-corrected chi connectivity index (χ0v) is 19.3. The molecular formula is C21H31N5O5S. The van der Waals surface area contributed by atoms with E-state index in [1.165, 1.54) is 12.4 Å². The average molecular weight is 466 g/mol. The summed E-state index contributed by atoms with van der Waals surface area (Å²) in [7, 11) is -3.87. The average Bonchev–Trinajstić information content (AvgIpc) is 3.26. The number of anilines is 1. The maximum atomic E-state index is 11.7. The van der Waals surface area contributed by atoms with E-state index in [4.69, 9.17) is 19.1 Å². The molecule has 11 heteroatoms. The van der Waals surface area contributed by atoms with E-state index in [0.29, 0.717) is 11.8 Å². The van der Waals surface area contributed by atoms with Crippen LogP contribution in [0.4, 0.5) is 5.95 Å². The summed E-state index contributed by atoms with van der Waals surface area (Å²) in [6.07, 6.45) is 8.30. The summed E-state index contributed by atoms with van der Waals surface area (Å²) < 4.78 is 41.1. The van der Waals surface area contributed by atoms with E-state index >= 15 is 0 Å². The van der Waals surface area contributed by atoms with E-state index in [0.717, 1.165) is 51.6 Å². The Morgan fingerprint density at radius 1 is 1.09 bits per heavy atom. The van der Waals surface area contributed by atoms with Crippen molar-refractivity contribution >= 4 is 16.0 Å². The van der Waals surface area contributed by atoms with Gasteiger partial charge in [-0.15, -0.1) is 0 Å². The second-order valence-electron chi connectivity index (χ2n) is 8.79. The number of nitrogens with zero attached hydrogens (tertiary/aromatic N) is 4. The van der Waals surface area contributed by atoms with E-state index in [2.05, 4.69) is 20.0 Å². The molecule has 1 aliphatic carbocycles. The van der Waals surface area contributed by atoms with E-state index < -0.39 is 10.0 Å². The Kier molecular flexibility index (Phi) is 6.96. The quantitative estimate of drug-likeness (QED) is 0.655. The molecule has 1 saturated heterocycles. The summed E-state index contributed by atoms with van der Waals surface area (Å²) >= 11 is 0. The van der Waals surface area contributed by atoms with Gasteiger partial charge in [0.15, 0.2) is 0 Å². The second kappa shape index (κ2) is 9.72. The van der Waals surface area contributed by atoms with Gasteiger partial charge in [0.05, 0.1) is 24.5 Å². The number of ether oxygens (including phenoxy) is 2. The Bertz CT molecular complexity index is 996. The number of rotatable bonds is 7. The van der Waals surface area contributed by atoms with Gasteiger partial charge in [-0.2, -0.15) is 4.98 Å². The molecule has 32 heavy (non-hydrogen) atoms. The molecule has 2 aromatic heterocycles. The van der Waals surface area contributed by atoms with Gasteiger partial charge >= 0.3 is 0 Å². The highest BCUT2D eigenvalue weighted by molar-refractivity contribution is 7.89. The van der Waals surface area contributed by atoms with Crippen LogP contribution in [0.2, 0.25) is 0 Å². The minimum absolute atomic E-state index is 0.0620. The number of sulfonamides is 1. The van der Waals surface area contributed by atoms with Crippen LogP contribution in [0.3, 0.4) is 0 Å². The lowest BCUT2D eigenvalue weighted by atomic mass is 9.94. The maximum Gasteiger partial charge on any atom is 0.266 e. The Balaban J connectivity index is 1.22. The van der Waals surface area contributed by atoms with Crippen molar-refractivity contribution in [3.05, 3.63) is 24.4 Å². The normalized spacial score (nSPS) is 22.9. The highest BCUT2D eigenvalue weighted by atomic mass is 32.2.